The lowest BCUT2D eigenvalue weighted by atomic mass is 10.3. The second kappa shape index (κ2) is 5.35. The van der Waals surface area contributed by atoms with Crippen LogP contribution in [0, 0.1) is 0 Å². The topological polar surface area (TPSA) is 106 Å². The molecule has 0 radical (unpaired) electrons. The quantitative estimate of drug-likeness (QED) is 0.435. The van der Waals surface area contributed by atoms with Gasteiger partial charge in [-0.15, -0.1) is 0 Å². The minimum Gasteiger partial charge on any atom is -0.266 e. The van der Waals surface area contributed by atoms with Gasteiger partial charge in [0.1, 0.15) is 12.2 Å². The molecule has 0 aliphatic carbocycles. The molecule has 0 unspecified atom stereocenters. The number of hydrogen-bond acceptors (Lipinski definition) is 8. The van der Waals surface area contributed by atoms with Gasteiger partial charge in [0, 0.05) is 0 Å². The van der Waals surface area contributed by atoms with Gasteiger partial charge in [0.2, 0.25) is 0 Å². The minimum atomic E-state index is -0.762. The van der Waals surface area contributed by atoms with E-state index in [4.69, 9.17) is 20.8 Å². The van der Waals surface area contributed by atoms with Crippen LogP contribution in [0.2, 0.25) is 0 Å². The fourth-order valence-corrected chi connectivity index (χ4v) is 0.469. The molecule has 0 aliphatic heterocycles. The van der Waals surface area contributed by atoms with Gasteiger partial charge in [0.25, 0.3) is 0 Å². The van der Waals surface area contributed by atoms with E-state index < -0.39 is 23.0 Å². The molecule has 74 valence electrons. The van der Waals surface area contributed by atoms with Crippen LogP contribution in [0.1, 0.15) is 13.8 Å². The second-order valence-corrected chi connectivity index (χ2v) is 2.13. The van der Waals surface area contributed by atoms with Crippen LogP contribution in [0.4, 0.5) is 0 Å². The molecule has 0 saturated heterocycles. The lowest BCUT2D eigenvalue weighted by molar-refractivity contribution is -0.535. The Morgan fingerprint density at radius 3 is 1.25 bits per heavy atom. The standard InChI is InChI=1S/C4H12N2O6/c1-3(11-5(7)8)4(2)12-6(9)10/h3-4,7-10H,1-2H3/t3-,4-/m0/s1. The van der Waals surface area contributed by atoms with Crippen molar-refractivity contribution in [2.24, 2.45) is 0 Å². The van der Waals surface area contributed by atoms with Crippen LogP contribution in [-0.4, -0.2) is 43.8 Å². The van der Waals surface area contributed by atoms with Gasteiger partial charge >= 0.3 is 0 Å². The van der Waals surface area contributed by atoms with Crippen LogP contribution in [0.15, 0.2) is 0 Å². The molecule has 0 rings (SSSR count). The number of rotatable bonds is 5. The zero-order valence-electron chi connectivity index (χ0n) is 6.65. The molecular weight excluding hydrogens is 172 g/mol. The van der Waals surface area contributed by atoms with Crippen molar-refractivity contribution in [1.82, 2.24) is 10.8 Å². The summed E-state index contributed by atoms with van der Waals surface area (Å²) in [7, 11) is 0. The fourth-order valence-electron chi connectivity index (χ4n) is 0.469. The first kappa shape index (κ1) is 11.7. The molecule has 8 nitrogen and oxygen atoms in total. The van der Waals surface area contributed by atoms with Gasteiger partial charge < -0.3 is 0 Å². The van der Waals surface area contributed by atoms with Crippen LogP contribution in [-0.2, 0) is 9.68 Å². The highest BCUT2D eigenvalue weighted by molar-refractivity contribution is 4.55. The Kier molecular flexibility index (Phi) is 5.20. The van der Waals surface area contributed by atoms with Crippen molar-refractivity contribution in [3.8, 4) is 0 Å². The largest absolute Gasteiger partial charge is 0.266 e. The number of hydrogen-bond donors (Lipinski definition) is 4. The smallest absolute Gasteiger partial charge is 0.110 e. The lowest BCUT2D eigenvalue weighted by Gasteiger charge is -2.21. The first-order valence-corrected chi connectivity index (χ1v) is 3.12. The van der Waals surface area contributed by atoms with Gasteiger partial charge in [-0.3, -0.25) is 20.8 Å². The van der Waals surface area contributed by atoms with Crippen molar-refractivity contribution >= 4 is 0 Å². The first-order valence-electron chi connectivity index (χ1n) is 3.12. The van der Waals surface area contributed by atoms with E-state index in [1.54, 1.807) is 0 Å². The van der Waals surface area contributed by atoms with E-state index in [0.29, 0.717) is 0 Å². The van der Waals surface area contributed by atoms with E-state index in [1.165, 1.54) is 13.8 Å². The molecule has 0 amide bonds. The summed E-state index contributed by atoms with van der Waals surface area (Å²) in [6.07, 6.45) is -1.52. The molecule has 0 bridgehead atoms. The van der Waals surface area contributed by atoms with Crippen molar-refractivity contribution in [2.75, 3.05) is 0 Å². The van der Waals surface area contributed by atoms with Gasteiger partial charge in [-0.25, -0.2) is 9.68 Å². The summed E-state index contributed by atoms with van der Waals surface area (Å²) in [5.74, 6) is 0. The Hall–Kier alpha value is -0.320. The van der Waals surface area contributed by atoms with E-state index in [0.717, 1.165) is 0 Å². The first-order chi connectivity index (χ1) is 5.43. The number of nitrogens with zero attached hydrogens (tertiary/aromatic N) is 2. The summed E-state index contributed by atoms with van der Waals surface area (Å²) < 4.78 is 0. The maximum Gasteiger partial charge on any atom is 0.110 e. The molecule has 0 spiro atoms. The molecule has 0 aromatic rings. The highest BCUT2D eigenvalue weighted by atomic mass is 17.1. The lowest BCUT2D eigenvalue weighted by Crippen LogP contribution is -2.35. The third-order valence-corrected chi connectivity index (χ3v) is 1.18. The van der Waals surface area contributed by atoms with Crippen LogP contribution >= 0.6 is 0 Å². The molecular formula is C4H12N2O6. The molecule has 2 atom stereocenters. The Morgan fingerprint density at radius 1 is 0.833 bits per heavy atom. The Morgan fingerprint density at radius 2 is 1.08 bits per heavy atom. The second-order valence-electron chi connectivity index (χ2n) is 2.13. The van der Waals surface area contributed by atoms with Crippen molar-refractivity contribution < 1.29 is 30.5 Å². The van der Waals surface area contributed by atoms with Crippen LogP contribution < -0.4 is 0 Å². The summed E-state index contributed by atoms with van der Waals surface area (Å²) >= 11 is 0. The average molecular weight is 184 g/mol. The zero-order valence-corrected chi connectivity index (χ0v) is 6.65. The summed E-state index contributed by atoms with van der Waals surface area (Å²) in [6, 6.07) is 0. The van der Waals surface area contributed by atoms with Gasteiger partial charge in [-0.05, 0) is 13.8 Å². The van der Waals surface area contributed by atoms with Gasteiger partial charge in [-0.1, -0.05) is 0 Å². The summed E-state index contributed by atoms with van der Waals surface area (Å²) in [6.45, 7) is 2.88. The summed E-state index contributed by atoms with van der Waals surface area (Å²) in [5.41, 5.74) is 0. The van der Waals surface area contributed by atoms with Crippen molar-refractivity contribution in [3.63, 3.8) is 0 Å². The molecule has 0 saturated carbocycles. The SMILES string of the molecule is C[C@H](ON(O)O)[C@H](C)ON(O)O. The molecule has 0 aromatic heterocycles. The predicted molar refractivity (Wildman–Crippen MR) is 31.9 cm³/mol. The Labute approximate surface area is 68.5 Å². The highest BCUT2D eigenvalue weighted by Crippen LogP contribution is 2.03. The van der Waals surface area contributed by atoms with Gasteiger partial charge in [0.15, 0.2) is 0 Å². The Balaban J connectivity index is 3.68. The van der Waals surface area contributed by atoms with Crippen LogP contribution in [0.5, 0.6) is 0 Å². The predicted octanol–water partition coefficient (Wildman–Crippen LogP) is -0.213. The van der Waals surface area contributed by atoms with Crippen molar-refractivity contribution in [3.05, 3.63) is 0 Å². The Bertz CT molecular complexity index is 106. The minimum absolute atomic E-state index is 0.483. The zero-order chi connectivity index (χ0) is 9.72. The maximum absolute atomic E-state index is 8.18. The third kappa shape index (κ3) is 5.35. The normalized spacial score (nSPS) is 17.0. The average Bonchev–Trinajstić information content (AvgIpc) is 1.84. The molecule has 8 heteroatoms. The van der Waals surface area contributed by atoms with Crippen LogP contribution in [0.3, 0.4) is 0 Å². The highest BCUT2D eigenvalue weighted by Gasteiger charge is 2.18. The van der Waals surface area contributed by atoms with Crippen molar-refractivity contribution in [2.45, 2.75) is 26.1 Å². The molecule has 0 aliphatic rings. The fraction of sp³-hybridized carbons (Fsp3) is 1.00. The molecule has 12 heavy (non-hydrogen) atoms. The molecule has 0 heterocycles. The van der Waals surface area contributed by atoms with E-state index in [9.17, 15) is 0 Å². The van der Waals surface area contributed by atoms with Crippen LogP contribution in [0.25, 0.3) is 0 Å². The maximum atomic E-state index is 8.18. The van der Waals surface area contributed by atoms with Gasteiger partial charge in [0.05, 0.1) is 10.8 Å². The van der Waals surface area contributed by atoms with Crippen molar-refractivity contribution in [1.29, 1.82) is 0 Å². The van der Waals surface area contributed by atoms with E-state index >= 15 is 0 Å². The summed E-state index contributed by atoms with van der Waals surface area (Å²) in [5, 5.41) is 31.7. The van der Waals surface area contributed by atoms with Gasteiger partial charge in [-0.2, -0.15) is 0 Å². The molecule has 4 N–H and O–H groups in total. The molecule has 0 fully saturated rings. The monoisotopic (exact) mass is 184 g/mol. The van der Waals surface area contributed by atoms with E-state index in [2.05, 4.69) is 9.68 Å². The van der Waals surface area contributed by atoms with E-state index in [-0.39, 0.29) is 0 Å². The summed E-state index contributed by atoms with van der Waals surface area (Å²) in [4.78, 5) is 8.57. The third-order valence-electron chi connectivity index (χ3n) is 1.18. The van der Waals surface area contributed by atoms with E-state index in [1.807, 2.05) is 0 Å². The molecule has 0 aromatic carbocycles.